The Morgan fingerprint density at radius 2 is 1.83 bits per heavy atom. The van der Waals surface area contributed by atoms with E-state index >= 15 is 0 Å². The van der Waals surface area contributed by atoms with E-state index in [1.165, 1.54) is 5.56 Å². The molecular formula is C18H24N4O. The highest BCUT2D eigenvalue weighted by Crippen LogP contribution is 2.24. The Kier molecular flexibility index (Phi) is 5.08. The van der Waals surface area contributed by atoms with Gasteiger partial charge in [0.1, 0.15) is 18.0 Å². The number of aromatic nitrogens is 2. The first kappa shape index (κ1) is 15.7. The summed E-state index contributed by atoms with van der Waals surface area (Å²) in [5, 5.41) is 6.84. The normalized spacial score (nSPS) is 21.0. The Morgan fingerprint density at radius 1 is 1.04 bits per heavy atom. The number of hydrogen-bond donors (Lipinski definition) is 2. The first-order valence-corrected chi connectivity index (χ1v) is 8.18. The number of nitrogens with one attached hydrogen (secondary N) is 2. The van der Waals surface area contributed by atoms with Crippen molar-refractivity contribution in [2.45, 2.75) is 44.8 Å². The van der Waals surface area contributed by atoms with Crippen LogP contribution in [0.2, 0.25) is 0 Å². The number of ether oxygens (including phenoxy) is 1. The van der Waals surface area contributed by atoms with Crippen LogP contribution in [0.5, 0.6) is 0 Å². The molecule has 1 fully saturated rings. The van der Waals surface area contributed by atoms with E-state index in [4.69, 9.17) is 4.74 Å². The highest BCUT2D eigenvalue weighted by atomic mass is 16.5. The zero-order chi connectivity index (χ0) is 16.1. The van der Waals surface area contributed by atoms with Gasteiger partial charge < -0.3 is 15.4 Å². The lowest BCUT2D eigenvalue weighted by Gasteiger charge is -2.28. The van der Waals surface area contributed by atoms with Gasteiger partial charge in [-0.2, -0.15) is 0 Å². The molecule has 1 aromatic carbocycles. The van der Waals surface area contributed by atoms with E-state index in [0.29, 0.717) is 12.1 Å². The standard InChI is InChI=1S/C18H24N4O/c1-13-4-3-5-15(10-13)22-18-11-17(19-12-20-18)21-14-6-8-16(23-2)9-7-14/h3-5,10-12,14,16H,6-9H2,1-2H3,(H2,19,20,21,22)/t14-,16-. The maximum absolute atomic E-state index is 5.42. The van der Waals surface area contributed by atoms with Crippen LogP contribution in [-0.4, -0.2) is 29.2 Å². The number of anilines is 3. The van der Waals surface area contributed by atoms with Crippen LogP contribution in [0.25, 0.3) is 0 Å². The average molecular weight is 312 g/mol. The van der Waals surface area contributed by atoms with Gasteiger partial charge in [-0.3, -0.25) is 0 Å². The van der Waals surface area contributed by atoms with Gasteiger partial charge in [0.15, 0.2) is 0 Å². The van der Waals surface area contributed by atoms with Gasteiger partial charge in [0, 0.05) is 24.9 Å². The van der Waals surface area contributed by atoms with Crippen molar-refractivity contribution < 1.29 is 4.74 Å². The lowest BCUT2D eigenvalue weighted by atomic mass is 9.93. The number of aryl methyl sites for hydroxylation is 1. The van der Waals surface area contributed by atoms with Crippen molar-refractivity contribution in [1.82, 2.24) is 9.97 Å². The van der Waals surface area contributed by atoms with Crippen molar-refractivity contribution in [1.29, 1.82) is 0 Å². The number of nitrogens with zero attached hydrogens (tertiary/aromatic N) is 2. The quantitative estimate of drug-likeness (QED) is 0.877. The van der Waals surface area contributed by atoms with Crippen LogP contribution in [0, 0.1) is 6.92 Å². The van der Waals surface area contributed by atoms with Crippen molar-refractivity contribution in [3.63, 3.8) is 0 Å². The van der Waals surface area contributed by atoms with Crippen LogP contribution in [0.4, 0.5) is 17.3 Å². The molecule has 23 heavy (non-hydrogen) atoms. The Balaban J connectivity index is 1.61. The fourth-order valence-corrected chi connectivity index (χ4v) is 3.03. The van der Waals surface area contributed by atoms with Crippen molar-refractivity contribution >= 4 is 17.3 Å². The maximum Gasteiger partial charge on any atom is 0.135 e. The molecule has 1 aliphatic rings. The first-order valence-electron chi connectivity index (χ1n) is 8.18. The molecule has 3 rings (SSSR count). The third-order valence-corrected chi connectivity index (χ3v) is 4.32. The smallest absolute Gasteiger partial charge is 0.135 e. The molecule has 0 radical (unpaired) electrons. The highest BCUT2D eigenvalue weighted by Gasteiger charge is 2.20. The summed E-state index contributed by atoms with van der Waals surface area (Å²) in [6.07, 6.45) is 6.45. The number of rotatable bonds is 5. The predicted molar refractivity (Wildman–Crippen MR) is 93.2 cm³/mol. The molecule has 5 heteroatoms. The first-order chi connectivity index (χ1) is 11.2. The molecule has 0 saturated heterocycles. The molecule has 0 amide bonds. The summed E-state index contributed by atoms with van der Waals surface area (Å²) in [7, 11) is 1.80. The second-order valence-corrected chi connectivity index (χ2v) is 6.14. The van der Waals surface area contributed by atoms with E-state index in [1.54, 1.807) is 13.4 Å². The largest absolute Gasteiger partial charge is 0.381 e. The summed E-state index contributed by atoms with van der Waals surface area (Å²) in [6.45, 7) is 2.08. The highest BCUT2D eigenvalue weighted by molar-refractivity contribution is 5.59. The molecule has 2 N–H and O–H groups in total. The Bertz CT molecular complexity index is 638. The monoisotopic (exact) mass is 312 g/mol. The van der Waals surface area contributed by atoms with Gasteiger partial charge in [-0.05, 0) is 50.3 Å². The Morgan fingerprint density at radius 3 is 2.57 bits per heavy atom. The van der Waals surface area contributed by atoms with E-state index in [1.807, 2.05) is 18.2 Å². The van der Waals surface area contributed by atoms with Crippen molar-refractivity contribution in [3.8, 4) is 0 Å². The van der Waals surface area contributed by atoms with E-state index < -0.39 is 0 Å². The third kappa shape index (κ3) is 4.42. The van der Waals surface area contributed by atoms with Crippen molar-refractivity contribution in [2.75, 3.05) is 17.7 Å². The van der Waals surface area contributed by atoms with Crippen LogP contribution in [-0.2, 0) is 4.74 Å². The summed E-state index contributed by atoms with van der Waals surface area (Å²) in [4.78, 5) is 8.64. The van der Waals surface area contributed by atoms with Gasteiger partial charge in [0.05, 0.1) is 6.10 Å². The summed E-state index contributed by atoms with van der Waals surface area (Å²) in [5.41, 5.74) is 2.26. The molecular weight excluding hydrogens is 288 g/mol. The van der Waals surface area contributed by atoms with Gasteiger partial charge >= 0.3 is 0 Å². The van der Waals surface area contributed by atoms with Gasteiger partial charge in [0.2, 0.25) is 0 Å². The average Bonchev–Trinajstić information content (AvgIpc) is 2.56. The van der Waals surface area contributed by atoms with Gasteiger partial charge in [-0.1, -0.05) is 12.1 Å². The SMILES string of the molecule is CO[C@H]1CC[C@H](Nc2cc(Nc3cccc(C)c3)ncn2)CC1. The van der Waals surface area contributed by atoms with Gasteiger partial charge in [0.25, 0.3) is 0 Å². The zero-order valence-corrected chi connectivity index (χ0v) is 13.7. The van der Waals surface area contributed by atoms with Crippen LogP contribution in [0.3, 0.4) is 0 Å². The molecule has 1 aromatic heterocycles. The fourth-order valence-electron chi connectivity index (χ4n) is 3.03. The van der Waals surface area contributed by atoms with Crippen LogP contribution >= 0.6 is 0 Å². The van der Waals surface area contributed by atoms with Crippen molar-refractivity contribution in [3.05, 3.63) is 42.2 Å². The molecule has 1 aliphatic carbocycles. The molecule has 0 atom stereocenters. The molecule has 5 nitrogen and oxygen atoms in total. The van der Waals surface area contributed by atoms with Crippen LogP contribution < -0.4 is 10.6 Å². The second-order valence-electron chi connectivity index (χ2n) is 6.14. The molecule has 0 spiro atoms. The van der Waals surface area contributed by atoms with Crippen molar-refractivity contribution in [2.24, 2.45) is 0 Å². The number of hydrogen-bond acceptors (Lipinski definition) is 5. The lowest BCUT2D eigenvalue weighted by Crippen LogP contribution is -2.29. The summed E-state index contributed by atoms with van der Waals surface area (Å²) in [5.74, 6) is 1.68. The molecule has 0 aliphatic heterocycles. The minimum Gasteiger partial charge on any atom is -0.381 e. The molecule has 2 aromatic rings. The molecule has 1 saturated carbocycles. The predicted octanol–water partition coefficient (Wildman–Crippen LogP) is 3.90. The van der Waals surface area contributed by atoms with Gasteiger partial charge in [-0.25, -0.2) is 9.97 Å². The van der Waals surface area contributed by atoms with E-state index in [9.17, 15) is 0 Å². The Labute approximate surface area is 137 Å². The molecule has 122 valence electrons. The maximum atomic E-state index is 5.42. The minimum atomic E-state index is 0.414. The van der Waals surface area contributed by atoms with E-state index in [0.717, 1.165) is 43.0 Å². The molecule has 1 heterocycles. The van der Waals surface area contributed by atoms with Crippen LogP contribution in [0.15, 0.2) is 36.7 Å². The fraction of sp³-hybridized carbons (Fsp3) is 0.444. The summed E-state index contributed by atoms with van der Waals surface area (Å²) >= 11 is 0. The number of benzene rings is 1. The second kappa shape index (κ2) is 7.42. The molecule has 0 bridgehead atoms. The Hall–Kier alpha value is -2.14. The van der Waals surface area contributed by atoms with Gasteiger partial charge in [-0.15, -0.1) is 0 Å². The van der Waals surface area contributed by atoms with E-state index in [2.05, 4.69) is 39.7 Å². The third-order valence-electron chi connectivity index (χ3n) is 4.32. The topological polar surface area (TPSA) is 59.1 Å². The molecule has 0 unspecified atom stereocenters. The lowest BCUT2D eigenvalue weighted by molar-refractivity contribution is 0.0681. The summed E-state index contributed by atoms with van der Waals surface area (Å²) in [6, 6.07) is 10.7. The minimum absolute atomic E-state index is 0.414. The van der Waals surface area contributed by atoms with E-state index in [-0.39, 0.29) is 0 Å². The number of methoxy groups -OCH3 is 1. The summed E-state index contributed by atoms with van der Waals surface area (Å²) < 4.78 is 5.42. The zero-order valence-electron chi connectivity index (χ0n) is 13.7. The van der Waals surface area contributed by atoms with Crippen LogP contribution in [0.1, 0.15) is 31.2 Å².